The van der Waals surface area contributed by atoms with Gasteiger partial charge in [0, 0.05) is 24.1 Å². The maximum absolute atomic E-state index is 5.58. The van der Waals surface area contributed by atoms with E-state index in [2.05, 4.69) is 18.3 Å². The molecule has 1 N–H and O–H groups in total. The van der Waals surface area contributed by atoms with Crippen LogP contribution in [0.5, 0.6) is 0 Å². The third-order valence-electron chi connectivity index (χ3n) is 3.32. The van der Waals surface area contributed by atoms with E-state index in [0.717, 1.165) is 25.5 Å². The molecular weight excluding hydrogens is 202 g/mol. The van der Waals surface area contributed by atoms with E-state index in [-0.39, 0.29) is 0 Å². The topological polar surface area (TPSA) is 34.4 Å². The first-order valence-electron chi connectivity index (χ1n) is 6.18. The Morgan fingerprint density at radius 3 is 3.00 bits per heavy atom. The molecule has 1 saturated heterocycles. The summed E-state index contributed by atoms with van der Waals surface area (Å²) in [6.45, 7) is 6.93. The second-order valence-electron chi connectivity index (χ2n) is 4.44. The molecule has 0 saturated carbocycles. The summed E-state index contributed by atoms with van der Waals surface area (Å²) in [6, 6.07) is 2.46. The van der Waals surface area contributed by atoms with Gasteiger partial charge >= 0.3 is 0 Å². The third kappa shape index (κ3) is 2.47. The van der Waals surface area contributed by atoms with Gasteiger partial charge in [-0.15, -0.1) is 0 Å². The Labute approximate surface area is 97.2 Å². The van der Waals surface area contributed by atoms with Gasteiger partial charge < -0.3 is 14.5 Å². The van der Waals surface area contributed by atoms with Gasteiger partial charge in [0.25, 0.3) is 0 Å². The standard InChI is InChI=1S/C13H21NO2/c1-3-14-13(11-5-4-7-15-9-11)12-6-8-16-10(12)2/h6,8,11,13-14H,3-5,7,9H2,1-2H3. The van der Waals surface area contributed by atoms with Crippen LogP contribution in [0, 0.1) is 12.8 Å². The van der Waals surface area contributed by atoms with Crippen molar-refractivity contribution in [3.05, 3.63) is 23.7 Å². The zero-order valence-electron chi connectivity index (χ0n) is 10.2. The van der Waals surface area contributed by atoms with E-state index in [1.54, 1.807) is 6.26 Å². The molecule has 1 aromatic heterocycles. The van der Waals surface area contributed by atoms with Crippen LogP contribution in [0.2, 0.25) is 0 Å². The maximum atomic E-state index is 5.58. The number of furan rings is 1. The van der Waals surface area contributed by atoms with Gasteiger partial charge in [-0.05, 0) is 32.4 Å². The van der Waals surface area contributed by atoms with Crippen molar-refractivity contribution in [2.45, 2.75) is 32.7 Å². The highest BCUT2D eigenvalue weighted by molar-refractivity contribution is 5.21. The molecule has 90 valence electrons. The Balaban J connectivity index is 2.12. The minimum absolute atomic E-state index is 0.379. The fourth-order valence-corrected chi connectivity index (χ4v) is 2.50. The lowest BCUT2D eigenvalue weighted by molar-refractivity contribution is 0.0391. The highest BCUT2D eigenvalue weighted by atomic mass is 16.5. The average molecular weight is 223 g/mol. The van der Waals surface area contributed by atoms with Gasteiger partial charge in [0.05, 0.1) is 12.9 Å². The highest BCUT2D eigenvalue weighted by Gasteiger charge is 2.26. The molecule has 0 aliphatic carbocycles. The fourth-order valence-electron chi connectivity index (χ4n) is 2.50. The van der Waals surface area contributed by atoms with Crippen molar-refractivity contribution in [1.29, 1.82) is 0 Å². The molecule has 2 atom stereocenters. The normalized spacial score (nSPS) is 23.2. The second-order valence-corrected chi connectivity index (χ2v) is 4.44. The van der Waals surface area contributed by atoms with Crippen LogP contribution >= 0.6 is 0 Å². The van der Waals surface area contributed by atoms with Crippen LogP contribution < -0.4 is 5.32 Å². The summed E-state index contributed by atoms with van der Waals surface area (Å²) in [7, 11) is 0. The van der Waals surface area contributed by atoms with E-state index < -0.39 is 0 Å². The summed E-state index contributed by atoms with van der Waals surface area (Å²) < 4.78 is 11.0. The molecule has 1 aromatic rings. The largest absolute Gasteiger partial charge is 0.469 e. The molecule has 0 spiro atoms. The van der Waals surface area contributed by atoms with Gasteiger partial charge in [0.15, 0.2) is 0 Å². The summed E-state index contributed by atoms with van der Waals surface area (Å²) >= 11 is 0. The monoisotopic (exact) mass is 223 g/mol. The summed E-state index contributed by atoms with van der Waals surface area (Å²) in [5, 5.41) is 3.56. The summed E-state index contributed by atoms with van der Waals surface area (Å²) in [4.78, 5) is 0. The molecule has 3 nitrogen and oxygen atoms in total. The zero-order valence-corrected chi connectivity index (χ0v) is 10.2. The van der Waals surface area contributed by atoms with Crippen molar-refractivity contribution in [1.82, 2.24) is 5.32 Å². The van der Waals surface area contributed by atoms with Gasteiger partial charge in [-0.1, -0.05) is 6.92 Å². The van der Waals surface area contributed by atoms with Gasteiger partial charge in [0.2, 0.25) is 0 Å². The minimum atomic E-state index is 0.379. The molecule has 2 unspecified atom stereocenters. The average Bonchev–Trinajstić information content (AvgIpc) is 2.73. The van der Waals surface area contributed by atoms with Crippen molar-refractivity contribution in [3.63, 3.8) is 0 Å². The van der Waals surface area contributed by atoms with Crippen molar-refractivity contribution in [3.8, 4) is 0 Å². The zero-order chi connectivity index (χ0) is 11.4. The highest BCUT2D eigenvalue weighted by Crippen LogP contribution is 2.30. The van der Waals surface area contributed by atoms with Gasteiger partial charge in [-0.3, -0.25) is 0 Å². The second kappa shape index (κ2) is 5.51. The fraction of sp³-hybridized carbons (Fsp3) is 0.692. The minimum Gasteiger partial charge on any atom is -0.469 e. The van der Waals surface area contributed by atoms with Crippen LogP contribution in [-0.2, 0) is 4.74 Å². The first-order chi connectivity index (χ1) is 7.83. The molecule has 2 heterocycles. The van der Waals surface area contributed by atoms with Crippen molar-refractivity contribution in [2.75, 3.05) is 19.8 Å². The number of rotatable bonds is 4. The van der Waals surface area contributed by atoms with Crippen LogP contribution in [0.15, 0.2) is 16.7 Å². The molecule has 1 aliphatic rings. The molecule has 1 fully saturated rings. The Morgan fingerprint density at radius 1 is 1.56 bits per heavy atom. The van der Waals surface area contributed by atoms with E-state index >= 15 is 0 Å². The summed E-state index contributed by atoms with van der Waals surface area (Å²) in [6.07, 6.45) is 4.18. The smallest absolute Gasteiger partial charge is 0.105 e. The quantitative estimate of drug-likeness (QED) is 0.852. The Morgan fingerprint density at radius 2 is 2.44 bits per heavy atom. The van der Waals surface area contributed by atoms with Crippen LogP contribution in [0.25, 0.3) is 0 Å². The Kier molecular flexibility index (Phi) is 4.02. The molecule has 0 amide bonds. The number of aryl methyl sites for hydroxylation is 1. The molecule has 0 aromatic carbocycles. The van der Waals surface area contributed by atoms with E-state index in [0.29, 0.717) is 12.0 Å². The summed E-state index contributed by atoms with van der Waals surface area (Å²) in [5.41, 5.74) is 1.29. The molecule has 0 bridgehead atoms. The SMILES string of the molecule is CCNC(c1ccoc1C)C1CCCOC1. The van der Waals surface area contributed by atoms with E-state index in [4.69, 9.17) is 9.15 Å². The predicted octanol–water partition coefficient (Wildman–Crippen LogP) is 2.67. The van der Waals surface area contributed by atoms with Crippen molar-refractivity contribution in [2.24, 2.45) is 5.92 Å². The van der Waals surface area contributed by atoms with E-state index in [1.165, 1.54) is 18.4 Å². The van der Waals surface area contributed by atoms with Crippen LogP contribution in [0.4, 0.5) is 0 Å². The molecule has 3 heteroatoms. The molecule has 2 rings (SSSR count). The first kappa shape index (κ1) is 11.7. The van der Waals surface area contributed by atoms with Crippen LogP contribution in [0.3, 0.4) is 0 Å². The number of hydrogen-bond acceptors (Lipinski definition) is 3. The van der Waals surface area contributed by atoms with Crippen LogP contribution in [-0.4, -0.2) is 19.8 Å². The molecular formula is C13H21NO2. The van der Waals surface area contributed by atoms with Crippen molar-refractivity contribution >= 4 is 0 Å². The predicted molar refractivity (Wildman–Crippen MR) is 63.4 cm³/mol. The van der Waals surface area contributed by atoms with Gasteiger partial charge in [0.1, 0.15) is 5.76 Å². The first-order valence-corrected chi connectivity index (χ1v) is 6.18. The maximum Gasteiger partial charge on any atom is 0.105 e. The number of ether oxygens (including phenoxy) is 1. The lowest BCUT2D eigenvalue weighted by Crippen LogP contribution is -2.33. The summed E-state index contributed by atoms with van der Waals surface area (Å²) in [5.74, 6) is 1.60. The third-order valence-corrected chi connectivity index (χ3v) is 3.32. The lowest BCUT2D eigenvalue weighted by Gasteiger charge is -2.30. The van der Waals surface area contributed by atoms with E-state index in [1.807, 2.05) is 6.92 Å². The Bertz CT molecular complexity index is 315. The molecule has 16 heavy (non-hydrogen) atoms. The molecule has 0 radical (unpaired) electrons. The van der Waals surface area contributed by atoms with Gasteiger partial charge in [-0.25, -0.2) is 0 Å². The Hall–Kier alpha value is -0.800. The number of nitrogens with one attached hydrogen (secondary N) is 1. The number of hydrogen-bond donors (Lipinski definition) is 1. The van der Waals surface area contributed by atoms with E-state index in [9.17, 15) is 0 Å². The van der Waals surface area contributed by atoms with Crippen molar-refractivity contribution < 1.29 is 9.15 Å². The van der Waals surface area contributed by atoms with Crippen LogP contribution in [0.1, 0.15) is 37.1 Å². The molecule has 1 aliphatic heterocycles. The van der Waals surface area contributed by atoms with Gasteiger partial charge in [-0.2, -0.15) is 0 Å². The lowest BCUT2D eigenvalue weighted by atomic mass is 9.89.